The molecule has 2 N–H and O–H groups in total. The van der Waals surface area contributed by atoms with Crippen molar-refractivity contribution < 1.29 is 9.53 Å². The number of piperidine rings is 1. The van der Waals surface area contributed by atoms with Crippen LogP contribution in [0.15, 0.2) is 30.3 Å². The largest absolute Gasteiger partial charge is 0.364 e. The van der Waals surface area contributed by atoms with Gasteiger partial charge in [-0.3, -0.25) is 4.79 Å². The van der Waals surface area contributed by atoms with E-state index in [-0.39, 0.29) is 18.1 Å². The quantitative estimate of drug-likeness (QED) is 0.924. The lowest BCUT2D eigenvalue weighted by atomic mass is 9.89. The lowest BCUT2D eigenvalue weighted by Crippen LogP contribution is -2.43. The molecular weight excluding hydrogens is 264 g/mol. The smallest absolute Gasteiger partial charge is 0.251 e. The molecule has 21 heavy (non-hydrogen) atoms. The highest BCUT2D eigenvalue weighted by Crippen LogP contribution is 2.29. The highest BCUT2D eigenvalue weighted by molar-refractivity contribution is 5.81. The van der Waals surface area contributed by atoms with Gasteiger partial charge >= 0.3 is 0 Å². The average Bonchev–Trinajstić information content (AvgIpc) is 3.04. The maximum absolute atomic E-state index is 12.5. The number of amides is 1. The van der Waals surface area contributed by atoms with E-state index in [0.717, 1.165) is 38.8 Å². The van der Waals surface area contributed by atoms with E-state index in [2.05, 4.69) is 24.3 Å². The molecule has 0 aromatic heterocycles. The fourth-order valence-corrected chi connectivity index (χ4v) is 3.42. The fraction of sp³-hybridized carbons (Fsp3) is 0.588. The summed E-state index contributed by atoms with van der Waals surface area (Å²) in [6.45, 7) is 2.19. The van der Waals surface area contributed by atoms with Gasteiger partial charge in [-0.15, -0.1) is 0 Å². The Morgan fingerprint density at radius 2 is 1.86 bits per heavy atom. The minimum atomic E-state index is -0.258. The van der Waals surface area contributed by atoms with Gasteiger partial charge in [-0.05, 0) is 37.2 Å². The number of hydrogen-bond acceptors (Lipinski definition) is 3. The van der Waals surface area contributed by atoms with Crippen LogP contribution in [0.2, 0.25) is 0 Å². The van der Waals surface area contributed by atoms with E-state index in [4.69, 9.17) is 10.5 Å². The highest BCUT2D eigenvalue weighted by Gasteiger charge is 2.34. The van der Waals surface area contributed by atoms with Crippen LogP contribution in [-0.2, 0) is 9.53 Å². The Balaban J connectivity index is 1.53. The number of nitrogens with zero attached hydrogens (tertiary/aromatic N) is 1. The molecule has 0 bridgehead atoms. The number of hydrogen-bond donors (Lipinski definition) is 1. The topological polar surface area (TPSA) is 55.6 Å². The Morgan fingerprint density at radius 3 is 2.48 bits per heavy atom. The monoisotopic (exact) mass is 288 g/mol. The van der Waals surface area contributed by atoms with Crippen LogP contribution in [0.25, 0.3) is 0 Å². The van der Waals surface area contributed by atoms with Crippen molar-refractivity contribution in [3.05, 3.63) is 35.9 Å². The first-order chi connectivity index (χ1) is 10.3. The van der Waals surface area contributed by atoms with Gasteiger partial charge in [-0.25, -0.2) is 0 Å². The second-order valence-corrected chi connectivity index (χ2v) is 6.07. The molecular formula is C17H24N2O2. The summed E-state index contributed by atoms with van der Waals surface area (Å²) in [7, 11) is 0. The third-order valence-electron chi connectivity index (χ3n) is 4.72. The zero-order valence-electron chi connectivity index (χ0n) is 12.4. The number of rotatable bonds is 3. The fourth-order valence-electron chi connectivity index (χ4n) is 3.42. The summed E-state index contributed by atoms with van der Waals surface area (Å²) in [5.74, 6) is 0.744. The molecule has 2 fully saturated rings. The number of carbonyl (C=O) groups is 1. The van der Waals surface area contributed by atoms with E-state index in [0.29, 0.717) is 12.5 Å². The molecule has 2 saturated heterocycles. The zero-order valence-corrected chi connectivity index (χ0v) is 12.4. The lowest BCUT2D eigenvalue weighted by Gasteiger charge is -2.33. The van der Waals surface area contributed by atoms with Crippen molar-refractivity contribution in [1.82, 2.24) is 4.90 Å². The van der Waals surface area contributed by atoms with Crippen LogP contribution in [0, 0.1) is 0 Å². The van der Waals surface area contributed by atoms with E-state index in [9.17, 15) is 4.79 Å². The van der Waals surface area contributed by atoms with Crippen molar-refractivity contribution in [1.29, 1.82) is 0 Å². The van der Waals surface area contributed by atoms with Gasteiger partial charge in [0.15, 0.2) is 0 Å². The molecule has 1 aromatic rings. The Bertz CT molecular complexity index is 469. The number of likely N-dealkylation sites (tertiary alicyclic amines) is 1. The number of ether oxygens (including phenoxy) is 1. The third-order valence-corrected chi connectivity index (χ3v) is 4.72. The predicted molar refractivity (Wildman–Crippen MR) is 81.9 cm³/mol. The van der Waals surface area contributed by atoms with E-state index in [1.165, 1.54) is 5.56 Å². The Labute approximate surface area is 126 Å². The molecule has 0 aliphatic carbocycles. The van der Waals surface area contributed by atoms with E-state index in [1.807, 2.05) is 11.0 Å². The molecule has 0 radical (unpaired) electrons. The molecule has 2 atom stereocenters. The zero-order chi connectivity index (χ0) is 14.7. The molecule has 3 rings (SSSR count). The second kappa shape index (κ2) is 6.58. The lowest BCUT2D eigenvalue weighted by molar-refractivity contribution is -0.143. The first-order valence-electron chi connectivity index (χ1n) is 7.97. The maximum Gasteiger partial charge on any atom is 0.251 e. The van der Waals surface area contributed by atoms with Crippen molar-refractivity contribution in [2.45, 2.75) is 43.8 Å². The summed E-state index contributed by atoms with van der Waals surface area (Å²) in [4.78, 5) is 14.4. The molecule has 4 nitrogen and oxygen atoms in total. The molecule has 1 amide bonds. The average molecular weight is 288 g/mol. The summed E-state index contributed by atoms with van der Waals surface area (Å²) in [6.07, 6.45) is 3.63. The molecule has 0 saturated carbocycles. The molecule has 2 aliphatic heterocycles. The first kappa shape index (κ1) is 14.5. The SMILES string of the molecule is NCC1CCC(C(=O)N2CCC(c3ccccc3)CC2)O1. The first-order valence-corrected chi connectivity index (χ1v) is 7.97. The van der Waals surface area contributed by atoms with Gasteiger partial charge in [0.05, 0.1) is 6.10 Å². The van der Waals surface area contributed by atoms with Gasteiger partial charge in [-0.2, -0.15) is 0 Å². The van der Waals surface area contributed by atoms with Crippen LogP contribution < -0.4 is 5.73 Å². The van der Waals surface area contributed by atoms with E-state index in [1.54, 1.807) is 0 Å². The van der Waals surface area contributed by atoms with Crippen LogP contribution in [0.3, 0.4) is 0 Å². The highest BCUT2D eigenvalue weighted by atomic mass is 16.5. The maximum atomic E-state index is 12.5. The van der Waals surface area contributed by atoms with E-state index < -0.39 is 0 Å². The van der Waals surface area contributed by atoms with Crippen LogP contribution >= 0.6 is 0 Å². The Morgan fingerprint density at radius 1 is 1.14 bits per heavy atom. The van der Waals surface area contributed by atoms with Crippen molar-refractivity contribution in [3.8, 4) is 0 Å². The molecule has 114 valence electrons. The second-order valence-electron chi connectivity index (χ2n) is 6.07. The van der Waals surface area contributed by atoms with Gasteiger partial charge < -0.3 is 15.4 Å². The molecule has 2 aliphatic rings. The van der Waals surface area contributed by atoms with Crippen LogP contribution in [0.4, 0.5) is 0 Å². The van der Waals surface area contributed by atoms with Gasteiger partial charge in [0.25, 0.3) is 5.91 Å². The molecule has 2 heterocycles. The minimum Gasteiger partial charge on any atom is -0.364 e. The third kappa shape index (κ3) is 3.27. The number of benzene rings is 1. The van der Waals surface area contributed by atoms with Crippen LogP contribution in [0.5, 0.6) is 0 Å². The molecule has 4 heteroatoms. The molecule has 1 aromatic carbocycles. The van der Waals surface area contributed by atoms with Gasteiger partial charge in [0, 0.05) is 19.6 Å². The van der Waals surface area contributed by atoms with Crippen LogP contribution in [-0.4, -0.2) is 42.6 Å². The summed E-state index contributed by atoms with van der Waals surface area (Å²) < 4.78 is 5.72. The predicted octanol–water partition coefficient (Wildman–Crippen LogP) is 1.90. The summed E-state index contributed by atoms with van der Waals surface area (Å²) >= 11 is 0. The van der Waals surface area contributed by atoms with Crippen LogP contribution in [0.1, 0.15) is 37.2 Å². The Hall–Kier alpha value is -1.39. The normalized spacial score (nSPS) is 27.0. The van der Waals surface area contributed by atoms with Gasteiger partial charge in [-0.1, -0.05) is 30.3 Å². The van der Waals surface area contributed by atoms with Gasteiger partial charge in [0.1, 0.15) is 6.10 Å². The summed E-state index contributed by atoms with van der Waals surface area (Å²) in [6, 6.07) is 10.6. The van der Waals surface area contributed by atoms with Crippen molar-refractivity contribution >= 4 is 5.91 Å². The standard InChI is InChI=1S/C17H24N2O2/c18-12-15-6-7-16(21-15)17(20)19-10-8-14(9-11-19)13-4-2-1-3-5-13/h1-5,14-16H,6-12,18H2. The summed E-state index contributed by atoms with van der Waals surface area (Å²) in [5, 5.41) is 0. The van der Waals surface area contributed by atoms with E-state index >= 15 is 0 Å². The molecule has 0 spiro atoms. The van der Waals surface area contributed by atoms with Gasteiger partial charge in [0.2, 0.25) is 0 Å². The van der Waals surface area contributed by atoms with Crippen molar-refractivity contribution in [2.24, 2.45) is 5.73 Å². The minimum absolute atomic E-state index is 0.0702. The molecule has 2 unspecified atom stereocenters. The number of nitrogens with two attached hydrogens (primary N) is 1. The summed E-state index contributed by atoms with van der Waals surface area (Å²) in [5.41, 5.74) is 7.00. The van der Waals surface area contributed by atoms with Crippen molar-refractivity contribution in [2.75, 3.05) is 19.6 Å². The van der Waals surface area contributed by atoms with Crippen molar-refractivity contribution in [3.63, 3.8) is 0 Å². The Kier molecular flexibility index (Phi) is 4.56. The number of carbonyl (C=O) groups excluding carboxylic acids is 1.